The van der Waals surface area contributed by atoms with E-state index in [1.54, 1.807) is 0 Å². The molecule has 1 aromatic rings. The summed E-state index contributed by atoms with van der Waals surface area (Å²) in [5.41, 5.74) is 5.33. The fraction of sp³-hybridized carbons (Fsp3) is 0.556. The molecule has 0 saturated heterocycles. The lowest BCUT2D eigenvalue weighted by Crippen LogP contribution is -2.41. The Kier molecular flexibility index (Phi) is 4.93. The third-order valence-electron chi connectivity index (χ3n) is 2.23. The molecule has 0 aliphatic carbocycles. The van der Waals surface area contributed by atoms with E-state index in [0.29, 0.717) is 9.75 Å². The van der Waals surface area contributed by atoms with Crippen LogP contribution in [0, 0.1) is 6.92 Å². The highest BCUT2D eigenvalue weighted by Crippen LogP contribution is 2.27. The Balaban J connectivity index is 2.90. The van der Waals surface area contributed by atoms with Gasteiger partial charge in [0.15, 0.2) is 0 Å². The van der Waals surface area contributed by atoms with Gasteiger partial charge in [0.2, 0.25) is 10.0 Å². The molecule has 0 amide bonds. The van der Waals surface area contributed by atoms with Crippen LogP contribution in [-0.2, 0) is 16.6 Å². The van der Waals surface area contributed by atoms with Crippen molar-refractivity contribution in [2.24, 2.45) is 5.73 Å². The molecule has 0 saturated carbocycles. The third-order valence-corrected chi connectivity index (χ3v) is 4.96. The minimum atomic E-state index is -4.41. The molecule has 1 heterocycles. The van der Waals surface area contributed by atoms with Crippen molar-refractivity contribution in [2.75, 3.05) is 6.54 Å². The van der Waals surface area contributed by atoms with Crippen LogP contribution >= 0.6 is 11.3 Å². The molecular weight excluding hydrogens is 308 g/mol. The number of nitrogens with two attached hydrogens (primary N) is 1. The molecule has 0 bridgehead atoms. The van der Waals surface area contributed by atoms with Crippen LogP contribution in [0.5, 0.6) is 0 Å². The molecule has 0 aliphatic rings. The summed E-state index contributed by atoms with van der Waals surface area (Å²) in [6.45, 7) is -0.0713. The Morgan fingerprint density at radius 1 is 1.47 bits per heavy atom. The predicted molar refractivity (Wildman–Crippen MR) is 63.1 cm³/mol. The van der Waals surface area contributed by atoms with Gasteiger partial charge in [0.25, 0.3) is 0 Å². The average molecular weight is 320 g/mol. The Morgan fingerprint density at radius 3 is 2.47 bits per heavy atom. The van der Waals surface area contributed by atoms with Crippen molar-refractivity contribution in [1.82, 2.24) is 4.72 Å². The molecule has 0 unspecified atom stereocenters. The highest BCUT2D eigenvalue weighted by molar-refractivity contribution is 7.89. The largest absolute Gasteiger partial charge is 0.326 e. The van der Waals surface area contributed by atoms with E-state index >= 15 is 0 Å². The SMILES string of the molecule is Cc1sc(CN)cc1S(=O)(=O)NCC(F)(F)C(F)F. The fourth-order valence-electron chi connectivity index (χ4n) is 1.24. The van der Waals surface area contributed by atoms with Gasteiger partial charge in [-0.1, -0.05) is 0 Å². The molecular formula is C9H12F4N2O2S2. The van der Waals surface area contributed by atoms with Gasteiger partial charge in [-0.25, -0.2) is 21.9 Å². The van der Waals surface area contributed by atoms with Crippen LogP contribution in [0.25, 0.3) is 0 Å². The van der Waals surface area contributed by atoms with Crippen LogP contribution < -0.4 is 10.5 Å². The first-order valence-corrected chi connectivity index (χ1v) is 7.35. The minimum absolute atomic E-state index is 0.105. The quantitative estimate of drug-likeness (QED) is 0.784. The summed E-state index contributed by atoms with van der Waals surface area (Å²) in [5.74, 6) is -4.41. The highest BCUT2D eigenvalue weighted by Gasteiger charge is 2.41. The minimum Gasteiger partial charge on any atom is -0.326 e. The van der Waals surface area contributed by atoms with Crippen molar-refractivity contribution in [2.45, 2.75) is 30.7 Å². The van der Waals surface area contributed by atoms with E-state index < -0.39 is 28.9 Å². The van der Waals surface area contributed by atoms with Crippen molar-refractivity contribution in [3.8, 4) is 0 Å². The number of halogens is 4. The van der Waals surface area contributed by atoms with Crippen molar-refractivity contribution in [1.29, 1.82) is 0 Å². The Labute approximate surface area is 111 Å². The zero-order chi connectivity index (χ0) is 14.8. The summed E-state index contributed by atoms with van der Waals surface area (Å²) >= 11 is 1.10. The molecule has 4 nitrogen and oxygen atoms in total. The summed E-state index contributed by atoms with van der Waals surface area (Å²) in [7, 11) is -4.26. The summed E-state index contributed by atoms with van der Waals surface area (Å²) < 4.78 is 74.1. The fourth-order valence-corrected chi connectivity index (χ4v) is 3.79. The second-order valence-corrected chi connectivity index (χ2v) is 6.80. The summed E-state index contributed by atoms with van der Waals surface area (Å²) in [4.78, 5) is 0.690. The highest BCUT2D eigenvalue weighted by atomic mass is 32.2. The normalized spacial score (nSPS) is 13.2. The van der Waals surface area contributed by atoms with E-state index in [1.165, 1.54) is 17.7 Å². The molecule has 0 radical (unpaired) electrons. The number of sulfonamides is 1. The predicted octanol–water partition coefficient (Wildman–Crippen LogP) is 1.69. The number of aryl methyl sites for hydroxylation is 1. The first-order chi connectivity index (χ1) is 8.60. The van der Waals surface area contributed by atoms with E-state index in [4.69, 9.17) is 5.73 Å². The summed E-state index contributed by atoms with van der Waals surface area (Å²) in [6.07, 6.45) is -3.93. The molecule has 0 aromatic carbocycles. The molecule has 10 heteroatoms. The molecule has 1 aromatic heterocycles. The molecule has 0 aliphatic heterocycles. The van der Waals surface area contributed by atoms with Gasteiger partial charge in [-0.2, -0.15) is 8.78 Å². The smallest absolute Gasteiger partial charge is 0.320 e. The van der Waals surface area contributed by atoms with Gasteiger partial charge >= 0.3 is 12.3 Å². The van der Waals surface area contributed by atoms with Crippen LogP contribution in [0.2, 0.25) is 0 Å². The Morgan fingerprint density at radius 2 is 2.05 bits per heavy atom. The first-order valence-electron chi connectivity index (χ1n) is 5.05. The third kappa shape index (κ3) is 3.88. The van der Waals surface area contributed by atoms with Crippen LogP contribution in [-0.4, -0.2) is 27.3 Å². The number of thiophene rings is 1. The van der Waals surface area contributed by atoms with Crippen LogP contribution in [0.4, 0.5) is 17.6 Å². The summed E-state index contributed by atoms with van der Waals surface area (Å²) in [5, 5.41) is 0. The van der Waals surface area contributed by atoms with E-state index in [0.717, 1.165) is 11.3 Å². The van der Waals surface area contributed by atoms with Crippen molar-refractivity contribution in [3.63, 3.8) is 0 Å². The van der Waals surface area contributed by atoms with Crippen molar-refractivity contribution < 1.29 is 26.0 Å². The zero-order valence-corrected chi connectivity index (χ0v) is 11.4. The number of hydrogen-bond donors (Lipinski definition) is 2. The Bertz CT molecular complexity index is 542. The number of rotatable bonds is 6. The molecule has 19 heavy (non-hydrogen) atoms. The van der Waals surface area contributed by atoms with Gasteiger partial charge in [0, 0.05) is 16.3 Å². The molecule has 1 rings (SSSR count). The van der Waals surface area contributed by atoms with Crippen molar-refractivity contribution in [3.05, 3.63) is 15.8 Å². The summed E-state index contributed by atoms with van der Waals surface area (Å²) in [6, 6.07) is 1.24. The molecule has 3 N–H and O–H groups in total. The second kappa shape index (κ2) is 5.73. The lowest BCUT2D eigenvalue weighted by molar-refractivity contribution is -0.122. The lowest BCUT2D eigenvalue weighted by atomic mass is 10.4. The van der Waals surface area contributed by atoms with Gasteiger partial charge in [-0.05, 0) is 13.0 Å². The van der Waals surface area contributed by atoms with Gasteiger partial charge < -0.3 is 5.73 Å². The number of hydrogen-bond acceptors (Lipinski definition) is 4. The van der Waals surface area contributed by atoms with Crippen molar-refractivity contribution >= 4 is 21.4 Å². The Hall–Kier alpha value is -0.710. The molecule has 110 valence electrons. The zero-order valence-electron chi connectivity index (χ0n) is 9.79. The average Bonchev–Trinajstić information content (AvgIpc) is 2.69. The maximum Gasteiger partial charge on any atom is 0.320 e. The second-order valence-electron chi connectivity index (χ2n) is 3.72. The van der Waals surface area contributed by atoms with Crippen LogP contribution in [0.1, 0.15) is 9.75 Å². The van der Waals surface area contributed by atoms with Crippen LogP contribution in [0.15, 0.2) is 11.0 Å². The van der Waals surface area contributed by atoms with Crippen LogP contribution in [0.3, 0.4) is 0 Å². The molecule has 0 fully saturated rings. The van der Waals surface area contributed by atoms with E-state index in [2.05, 4.69) is 0 Å². The van der Waals surface area contributed by atoms with Gasteiger partial charge in [-0.3, -0.25) is 0 Å². The van der Waals surface area contributed by atoms with Gasteiger partial charge in [0.05, 0.1) is 11.4 Å². The van der Waals surface area contributed by atoms with E-state index in [9.17, 15) is 26.0 Å². The van der Waals surface area contributed by atoms with E-state index in [1.807, 2.05) is 0 Å². The lowest BCUT2D eigenvalue weighted by Gasteiger charge is -2.15. The van der Waals surface area contributed by atoms with Gasteiger partial charge in [-0.15, -0.1) is 11.3 Å². The first kappa shape index (κ1) is 16.3. The maximum absolute atomic E-state index is 12.7. The molecule has 0 spiro atoms. The topological polar surface area (TPSA) is 72.2 Å². The number of alkyl halides is 4. The molecule has 0 atom stereocenters. The number of nitrogens with one attached hydrogen (secondary N) is 1. The van der Waals surface area contributed by atoms with Gasteiger partial charge in [0.1, 0.15) is 0 Å². The monoisotopic (exact) mass is 320 g/mol. The standard InChI is InChI=1S/C9H12F4N2O2S2/c1-5-7(2-6(3-14)18-5)19(16,17)15-4-9(12,13)8(10)11/h2,8,15H,3-4,14H2,1H3. The van der Waals surface area contributed by atoms with E-state index in [-0.39, 0.29) is 11.4 Å². The maximum atomic E-state index is 12.7.